The number of carbonyl (C=O) groups is 1. The Kier molecular flexibility index (Phi) is 7.01. The van der Waals surface area contributed by atoms with E-state index in [1.165, 1.54) is 42.5 Å². The van der Waals surface area contributed by atoms with Crippen LogP contribution >= 0.6 is 11.3 Å². The first-order valence-corrected chi connectivity index (χ1v) is 13.4. The van der Waals surface area contributed by atoms with Crippen LogP contribution < -0.4 is 14.8 Å². The molecule has 36 heavy (non-hydrogen) atoms. The van der Waals surface area contributed by atoms with E-state index in [-0.39, 0.29) is 5.91 Å². The lowest BCUT2D eigenvalue weighted by Crippen LogP contribution is -2.12. The topological polar surface area (TPSA) is 76.2 Å². The van der Waals surface area contributed by atoms with Crippen molar-refractivity contribution in [2.75, 3.05) is 19.5 Å². The number of hydrogen-bond donors (Lipinski definition) is 2. The first kappa shape index (κ1) is 24.4. The van der Waals surface area contributed by atoms with Gasteiger partial charge in [-0.05, 0) is 62.1 Å². The van der Waals surface area contributed by atoms with Crippen molar-refractivity contribution < 1.29 is 14.3 Å². The molecule has 1 saturated carbocycles. The summed E-state index contributed by atoms with van der Waals surface area (Å²) in [6.07, 6.45) is 7.31. The molecule has 5 rings (SSSR count). The third kappa shape index (κ3) is 4.98. The highest BCUT2D eigenvalue weighted by molar-refractivity contribution is 7.16. The van der Waals surface area contributed by atoms with Gasteiger partial charge in [0.2, 0.25) is 0 Å². The highest BCUT2D eigenvalue weighted by Crippen LogP contribution is 2.41. The summed E-state index contributed by atoms with van der Waals surface area (Å²) in [5.74, 6) is 1.94. The number of fused-ring (bicyclic) bond motifs is 1. The van der Waals surface area contributed by atoms with Crippen LogP contribution in [0.25, 0.3) is 22.2 Å². The summed E-state index contributed by atoms with van der Waals surface area (Å²) in [5, 5.41) is 4.69. The number of rotatable bonds is 7. The lowest BCUT2D eigenvalue weighted by Gasteiger charge is -2.21. The third-order valence-corrected chi connectivity index (χ3v) is 8.09. The molecule has 0 saturated heterocycles. The fourth-order valence-electron chi connectivity index (χ4n) is 5.30. The van der Waals surface area contributed by atoms with Crippen LogP contribution in [0.5, 0.6) is 11.5 Å². The standard InChI is InChI=1S/C29H33N3O3S/c1-17-12-18(2)26-20(13-17)15-23(30-26)28(33)32-29-31-27(22-16-21(34-3)10-11-24(22)35-4)25(36-29)14-19-8-6-5-7-9-19/h10-13,15-16,19,30H,5-9,14H2,1-4H3,(H,31,32,33). The quantitative estimate of drug-likeness (QED) is 0.277. The number of carbonyl (C=O) groups excluding carboxylic acids is 1. The second-order valence-corrected chi connectivity index (χ2v) is 10.8. The number of aromatic amines is 1. The molecule has 4 aromatic rings. The van der Waals surface area contributed by atoms with Gasteiger partial charge in [0.25, 0.3) is 5.91 Å². The minimum atomic E-state index is -0.189. The van der Waals surface area contributed by atoms with E-state index >= 15 is 0 Å². The molecule has 0 spiro atoms. The molecule has 0 atom stereocenters. The Morgan fingerprint density at radius 1 is 1.08 bits per heavy atom. The van der Waals surface area contributed by atoms with Gasteiger partial charge in [-0.15, -0.1) is 11.3 Å². The van der Waals surface area contributed by atoms with Crippen LogP contribution in [0, 0.1) is 19.8 Å². The van der Waals surface area contributed by atoms with Gasteiger partial charge in [0, 0.05) is 21.3 Å². The number of thiazole rings is 1. The second kappa shape index (κ2) is 10.3. The smallest absolute Gasteiger partial charge is 0.273 e. The number of nitrogens with one attached hydrogen (secondary N) is 2. The van der Waals surface area contributed by atoms with Gasteiger partial charge in [0.15, 0.2) is 5.13 Å². The number of aryl methyl sites for hydroxylation is 2. The van der Waals surface area contributed by atoms with Crippen molar-refractivity contribution in [2.45, 2.75) is 52.4 Å². The summed E-state index contributed by atoms with van der Waals surface area (Å²) in [7, 11) is 3.32. The normalized spacial score (nSPS) is 14.2. The van der Waals surface area contributed by atoms with Crippen LogP contribution in [0.1, 0.15) is 58.6 Å². The largest absolute Gasteiger partial charge is 0.497 e. The van der Waals surface area contributed by atoms with Crippen molar-refractivity contribution in [3.63, 3.8) is 0 Å². The molecule has 1 amide bonds. The number of methoxy groups -OCH3 is 2. The third-order valence-electron chi connectivity index (χ3n) is 7.09. The van der Waals surface area contributed by atoms with Gasteiger partial charge < -0.3 is 14.5 Å². The summed E-state index contributed by atoms with van der Waals surface area (Å²) >= 11 is 1.56. The highest BCUT2D eigenvalue weighted by atomic mass is 32.1. The fraction of sp³-hybridized carbons (Fsp3) is 0.379. The number of anilines is 1. The Balaban J connectivity index is 1.49. The van der Waals surface area contributed by atoms with Gasteiger partial charge in [-0.1, -0.05) is 43.7 Å². The highest BCUT2D eigenvalue weighted by Gasteiger charge is 2.23. The first-order valence-electron chi connectivity index (χ1n) is 12.6. The second-order valence-electron chi connectivity index (χ2n) is 9.75. The van der Waals surface area contributed by atoms with E-state index in [0.29, 0.717) is 16.7 Å². The molecule has 1 aliphatic rings. The number of nitrogens with zero attached hydrogens (tertiary/aromatic N) is 1. The molecule has 2 N–H and O–H groups in total. The summed E-state index contributed by atoms with van der Waals surface area (Å²) in [6, 6.07) is 11.9. The van der Waals surface area contributed by atoms with Crippen molar-refractivity contribution >= 4 is 33.3 Å². The van der Waals surface area contributed by atoms with Crippen LogP contribution in [0.2, 0.25) is 0 Å². The maximum Gasteiger partial charge on any atom is 0.273 e. The van der Waals surface area contributed by atoms with Gasteiger partial charge in [-0.25, -0.2) is 4.98 Å². The Bertz CT molecular complexity index is 1400. The molecule has 1 aliphatic carbocycles. The lowest BCUT2D eigenvalue weighted by atomic mass is 9.86. The number of hydrogen-bond acceptors (Lipinski definition) is 5. The predicted molar refractivity (Wildman–Crippen MR) is 147 cm³/mol. The molecule has 6 nitrogen and oxygen atoms in total. The Morgan fingerprint density at radius 3 is 2.64 bits per heavy atom. The number of aromatic nitrogens is 2. The molecule has 0 radical (unpaired) electrons. The average molecular weight is 504 g/mol. The Labute approximate surface area is 216 Å². The summed E-state index contributed by atoms with van der Waals surface area (Å²) in [6.45, 7) is 4.12. The summed E-state index contributed by atoms with van der Waals surface area (Å²) in [4.78, 5) is 22.6. The van der Waals surface area contributed by atoms with E-state index in [1.54, 1.807) is 25.6 Å². The van der Waals surface area contributed by atoms with Gasteiger partial charge in [-0.2, -0.15) is 0 Å². The molecule has 2 aromatic heterocycles. The number of amides is 1. The van der Waals surface area contributed by atoms with Gasteiger partial charge in [0.1, 0.15) is 17.2 Å². The lowest BCUT2D eigenvalue weighted by molar-refractivity contribution is 0.102. The van der Waals surface area contributed by atoms with Crippen molar-refractivity contribution in [1.82, 2.24) is 9.97 Å². The predicted octanol–water partition coefficient (Wildman–Crippen LogP) is 7.30. The van der Waals surface area contributed by atoms with Gasteiger partial charge in [0.05, 0.1) is 19.9 Å². The van der Waals surface area contributed by atoms with Crippen LogP contribution in [0.3, 0.4) is 0 Å². The molecular formula is C29H33N3O3S. The van der Waals surface area contributed by atoms with E-state index in [2.05, 4.69) is 36.3 Å². The average Bonchev–Trinajstić information content (AvgIpc) is 3.48. The van der Waals surface area contributed by atoms with Crippen LogP contribution in [0.15, 0.2) is 36.4 Å². The van der Waals surface area contributed by atoms with E-state index in [9.17, 15) is 4.79 Å². The molecule has 0 bridgehead atoms. The van der Waals surface area contributed by atoms with Gasteiger partial charge >= 0.3 is 0 Å². The molecule has 188 valence electrons. The zero-order chi connectivity index (χ0) is 25.2. The first-order chi connectivity index (χ1) is 17.4. The Morgan fingerprint density at radius 2 is 1.89 bits per heavy atom. The maximum absolute atomic E-state index is 13.2. The number of H-pyrrole nitrogens is 1. The zero-order valence-corrected chi connectivity index (χ0v) is 22.2. The fourth-order valence-corrected chi connectivity index (χ4v) is 6.39. The van der Waals surface area contributed by atoms with Gasteiger partial charge in [-0.3, -0.25) is 10.1 Å². The zero-order valence-electron chi connectivity index (χ0n) is 21.4. The van der Waals surface area contributed by atoms with Crippen molar-refractivity contribution in [2.24, 2.45) is 5.92 Å². The maximum atomic E-state index is 13.2. The van der Waals surface area contributed by atoms with E-state index in [1.807, 2.05) is 24.3 Å². The van der Waals surface area contributed by atoms with E-state index in [0.717, 1.165) is 45.6 Å². The molecule has 0 aliphatic heterocycles. The SMILES string of the molecule is COc1ccc(OC)c(-c2nc(NC(=O)c3cc4cc(C)cc(C)c4[nH]3)sc2CC2CCCCC2)c1. The van der Waals surface area contributed by atoms with Crippen LogP contribution in [-0.2, 0) is 6.42 Å². The number of benzene rings is 2. The van der Waals surface area contributed by atoms with Crippen molar-refractivity contribution in [3.05, 3.63) is 58.1 Å². The number of ether oxygens (including phenoxy) is 2. The van der Waals surface area contributed by atoms with E-state index < -0.39 is 0 Å². The van der Waals surface area contributed by atoms with Crippen molar-refractivity contribution in [1.29, 1.82) is 0 Å². The molecule has 1 fully saturated rings. The summed E-state index contributed by atoms with van der Waals surface area (Å²) in [5.41, 5.74) is 5.57. The molecular weight excluding hydrogens is 470 g/mol. The monoisotopic (exact) mass is 503 g/mol. The molecule has 7 heteroatoms. The molecule has 2 aromatic carbocycles. The van der Waals surface area contributed by atoms with Crippen LogP contribution in [-0.4, -0.2) is 30.1 Å². The minimum absolute atomic E-state index is 0.189. The minimum Gasteiger partial charge on any atom is -0.497 e. The summed E-state index contributed by atoms with van der Waals surface area (Å²) < 4.78 is 11.2. The van der Waals surface area contributed by atoms with E-state index in [4.69, 9.17) is 14.5 Å². The molecule has 0 unspecified atom stereocenters. The molecule has 2 heterocycles. The van der Waals surface area contributed by atoms with Crippen LogP contribution in [0.4, 0.5) is 5.13 Å². The van der Waals surface area contributed by atoms with Crippen molar-refractivity contribution in [3.8, 4) is 22.8 Å². The Hall–Kier alpha value is -3.32.